The van der Waals surface area contributed by atoms with Crippen molar-refractivity contribution in [2.45, 2.75) is 44.7 Å². The second-order valence-corrected chi connectivity index (χ2v) is 7.41. The normalized spacial score (nSPS) is 32.8. The van der Waals surface area contributed by atoms with Crippen molar-refractivity contribution in [3.63, 3.8) is 0 Å². The van der Waals surface area contributed by atoms with Gasteiger partial charge in [-0.25, -0.2) is 4.79 Å². The van der Waals surface area contributed by atoms with Gasteiger partial charge in [-0.05, 0) is 67.6 Å². The van der Waals surface area contributed by atoms with E-state index < -0.39 is 0 Å². The first-order chi connectivity index (χ1) is 10.7. The van der Waals surface area contributed by atoms with Crippen LogP contribution in [0.25, 0.3) is 0 Å². The summed E-state index contributed by atoms with van der Waals surface area (Å²) in [6.45, 7) is 1.47. The van der Waals surface area contributed by atoms with Gasteiger partial charge in [0.15, 0.2) is 0 Å². The molecule has 2 unspecified atom stereocenters. The van der Waals surface area contributed by atoms with Gasteiger partial charge in [0.2, 0.25) is 0 Å². The number of carbonyl (C=O) groups excluding carboxylic acids is 1. The second-order valence-electron chi connectivity index (χ2n) is 7.41. The van der Waals surface area contributed by atoms with Crippen LogP contribution in [0, 0.1) is 17.8 Å². The lowest BCUT2D eigenvalue weighted by atomic mass is 9.68. The third-order valence-electron chi connectivity index (χ3n) is 5.75. The topological polar surface area (TPSA) is 52.6 Å². The van der Waals surface area contributed by atoms with Crippen LogP contribution in [0.15, 0.2) is 24.3 Å². The molecule has 4 fully saturated rings. The molecule has 4 nitrogen and oxygen atoms in total. The lowest BCUT2D eigenvalue weighted by Crippen LogP contribution is -2.47. The van der Waals surface area contributed by atoms with Crippen LogP contribution < -0.4 is 5.32 Å². The van der Waals surface area contributed by atoms with E-state index >= 15 is 0 Å². The van der Waals surface area contributed by atoms with Gasteiger partial charge in [0.1, 0.15) is 5.75 Å². The van der Waals surface area contributed by atoms with Crippen molar-refractivity contribution in [3.8, 4) is 5.75 Å². The van der Waals surface area contributed by atoms with E-state index in [-0.39, 0.29) is 11.8 Å². The van der Waals surface area contributed by atoms with E-state index in [0.29, 0.717) is 12.6 Å². The Bertz CT molecular complexity index is 543. The van der Waals surface area contributed by atoms with E-state index in [1.165, 1.54) is 32.1 Å². The maximum atomic E-state index is 12.6. The van der Waals surface area contributed by atoms with Crippen LogP contribution in [0.2, 0.25) is 0 Å². The molecule has 2 heterocycles. The van der Waals surface area contributed by atoms with E-state index in [9.17, 15) is 9.90 Å². The number of hydrogen-bond donors (Lipinski definition) is 2. The molecule has 0 spiro atoms. The Balaban J connectivity index is 1.41. The van der Waals surface area contributed by atoms with Crippen molar-refractivity contribution in [2.75, 3.05) is 6.54 Å². The molecule has 0 radical (unpaired) electrons. The van der Waals surface area contributed by atoms with E-state index in [2.05, 4.69) is 10.2 Å². The summed E-state index contributed by atoms with van der Waals surface area (Å²) in [6.07, 6.45) is 6.47. The molecule has 22 heavy (non-hydrogen) atoms. The Kier molecular flexibility index (Phi) is 3.47. The van der Waals surface area contributed by atoms with Gasteiger partial charge in [-0.15, -0.1) is 0 Å². The Morgan fingerprint density at radius 1 is 1.05 bits per heavy atom. The fourth-order valence-corrected chi connectivity index (χ4v) is 4.93. The summed E-state index contributed by atoms with van der Waals surface area (Å²) >= 11 is 0. The van der Waals surface area contributed by atoms with Gasteiger partial charge in [0, 0.05) is 19.1 Å². The number of rotatable bonds is 2. The van der Waals surface area contributed by atoms with Gasteiger partial charge < -0.3 is 15.3 Å². The van der Waals surface area contributed by atoms with Crippen molar-refractivity contribution >= 4 is 6.03 Å². The van der Waals surface area contributed by atoms with E-state index in [4.69, 9.17) is 0 Å². The average molecular weight is 300 g/mol. The molecule has 2 N–H and O–H groups in total. The van der Waals surface area contributed by atoms with Crippen LogP contribution in [0.3, 0.4) is 0 Å². The average Bonchev–Trinajstić information content (AvgIpc) is 2.70. The third-order valence-corrected chi connectivity index (χ3v) is 5.75. The number of hydrogen-bond acceptors (Lipinski definition) is 2. The monoisotopic (exact) mass is 300 g/mol. The predicted molar refractivity (Wildman–Crippen MR) is 84.4 cm³/mol. The summed E-state index contributed by atoms with van der Waals surface area (Å²) in [6, 6.07) is 7.57. The van der Waals surface area contributed by atoms with E-state index in [1.54, 1.807) is 12.1 Å². The number of fused-ring (bicyclic) bond motifs is 1. The molecular formula is C18H24N2O2. The zero-order chi connectivity index (χ0) is 15.1. The number of nitrogens with zero attached hydrogens (tertiary/aromatic N) is 1. The fraction of sp³-hybridized carbons (Fsp3) is 0.611. The minimum absolute atomic E-state index is 0.0891. The van der Waals surface area contributed by atoms with Gasteiger partial charge >= 0.3 is 6.03 Å². The minimum atomic E-state index is 0.0891. The standard InChI is InChI=1S/C18H24N2O2/c21-17-3-1-12(2-4-17)10-19-18(22)20-11-15-6-13-5-14(7-15)9-16(20)8-13/h1-4,13-16,21H,5-11H2,(H,19,22). The summed E-state index contributed by atoms with van der Waals surface area (Å²) in [5.41, 5.74) is 1.02. The first-order valence-electron chi connectivity index (χ1n) is 8.49. The second kappa shape index (κ2) is 5.49. The van der Waals surface area contributed by atoms with Crippen molar-refractivity contribution in [1.82, 2.24) is 10.2 Å². The number of aromatic hydroxyl groups is 1. The molecule has 1 aromatic rings. The third kappa shape index (κ3) is 2.67. The van der Waals surface area contributed by atoms with Crippen LogP contribution in [0.5, 0.6) is 5.75 Å². The first kappa shape index (κ1) is 13.9. The molecule has 4 aliphatic rings. The zero-order valence-corrected chi connectivity index (χ0v) is 12.9. The SMILES string of the molecule is O=C(NCc1ccc(O)cc1)N1CC2CC3CC(C2)CC1C3. The van der Waals surface area contributed by atoms with Gasteiger partial charge in [0.05, 0.1) is 0 Å². The summed E-state index contributed by atoms with van der Waals surface area (Å²) in [7, 11) is 0. The van der Waals surface area contributed by atoms with Crippen molar-refractivity contribution in [2.24, 2.45) is 17.8 Å². The maximum Gasteiger partial charge on any atom is 0.317 e. The smallest absolute Gasteiger partial charge is 0.317 e. The number of urea groups is 1. The quantitative estimate of drug-likeness (QED) is 0.881. The van der Waals surface area contributed by atoms with Gasteiger partial charge in [-0.1, -0.05) is 12.1 Å². The molecule has 4 bridgehead atoms. The zero-order valence-electron chi connectivity index (χ0n) is 12.9. The van der Waals surface area contributed by atoms with Gasteiger partial charge in [-0.2, -0.15) is 0 Å². The highest BCUT2D eigenvalue weighted by Gasteiger charge is 2.43. The number of benzene rings is 1. The van der Waals surface area contributed by atoms with Crippen molar-refractivity contribution in [1.29, 1.82) is 0 Å². The number of nitrogens with one attached hydrogen (secondary N) is 1. The van der Waals surface area contributed by atoms with Crippen LogP contribution in [0.1, 0.15) is 37.7 Å². The molecule has 2 atom stereocenters. The lowest BCUT2D eigenvalue weighted by Gasteiger charge is -2.38. The molecule has 2 saturated carbocycles. The number of carbonyl (C=O) groups is 1. The molecule has 2 amide bonds. The largest absolute Gasteiger partial charge is 0.508 e. The summed E-state index contributed by atoms with van der Waals surface area (Å²) in [5, 5.41) is 12.4. The maximum absolute atomic E-state index is 12.6. The number of phenols is 1. The highest BCUT2D eigenvalue weighted by molar-refractivity contribution is 5.74. The molecule has 1 aromatic carbocycles. The van der Waals surface area contributed by atoms with E-state index in [1.807, 2.05) is 12.1 Å². The molecule has 2 saturated heterocycles. The van der Waals surface area contributed by atoms with Crippen LogP contribution in [-0.2, 0) is 6.54 Å². The van der Waals surface area contributed by atoms with Crippen LogP contribution in [-0.4, -0.2) is 28.6 Å². The number of phenolic OH excluding ortho intramolecular Hbond substituents is 1. The Labute approximate surface area is 131 Å². The van der Waals surface area contributed by atoms with Crippen molar-refractivity contribution < 1.29 is 9.90 Å². The Hall–Kier alpha value is -1.71. The fourth-order valence-electron chi connectivity index (χ4n) is 4.93. The number of amides is 2. The summed E-state index contributed by atoms with van der Waals surface area (Å²) in [5.74, 6) is 2.70. The Morgan fingerprint density at radius 2 is 1.68 bits per heavy atom. The highest BCUT2D eigenvalue weighted by atomic mass is 16.3. The molecular weight excluding hydrogens is 276 g/mol. The summed E-state index contributed by atoms with van der Waals surface area (Å²) in [4.78, 5) is 14.7. The minimum Gasteiger partial charge on any atom is -0.508 e. The molecule has 0 aromatic heterocycles. The molecule has 4 heteroatoms. The summed E-state index contributed by atoms with van der Waals surface area (Å²) < 4.78 is 0. The molecule has 2 aliphatic heterocycles. The van der Waals surface area contributed by atoms with E-state index in [0.717, 1.165) is 29.9 Å². The highest BCUT2D eigenvalue weighted by Crippen LogP contribution is 2.47. The predicted octanol–water partition coefficient (Wildman–Crippen LogP) is 3.11. The van der Waals surface area contributed by atoms with Gasteiger partial charge in [-0.3, -0.25) is 0 Å². The van der Waals surface area contributed by atoms with Gasteiger partial charge in [0.25, 0.3) is 0 Å². The first-order valence-corrected chi connectivity index (χ1v) is 8.49. The van der Waals surface area contributed by atoms with Crippen molar-refractivity contribution in [3.05, 3.63) is 29.8 Å². The molecule has 118 valence electrons. The lowest BCUT2D eigenvalue weighted by molar-refractivity contribution is 0.131. The molecule has 5 rings (SSSR count). The molecule has 2 aliphatic carbocycles. The van der Waals surface area contributed by atoms with Crippen LogP contribution >= 0.6 is 0 Å². The van der Waals surface area contributed by atoms with Crippen LogP contribution in [0.4, 0.5) is 4.79 Å². The Morgan fingerprint density at radius 3 is 2.36 bits per heavy atom.